The normalized spacial score (nSPS) is 12.1. The van der Waals surface area contributed by atoms with Gasteiger partial charge in [0.2, 0.25) is 0 Å². The zero-order valence-electron chi connectivity index (χ0n) is 11.6. The molecule has 2 aromatic rings. The Morgan fingerprint density at radius 3 is 2.32 bits per heavy atom. The smallest absolute Gasteiger partial charge is 0.124 e. The number of benzene rings is 2. The molecule has 0 bridgehead atoms. The minimum absolute atomic E-state index is 0.175. The first kappa shape index (κ1) is 13.6. The molecular weight excluding hydrogens is 234 g/mol. The van der Waals surface area contributed by atoms with Gasteiger partial charge in [-0.1, -0.05) is 55.5 Å². The maximum atomic E-state index is 5.75. The SMILES string of the molecule is CCNC(c1ccccc1)c1ccccc1OCC. The Balaban J connectivity index is 2.39. The van der Waals surface area contributed by atoms with Gasteiger partial charge in [0.15, 0.2) is 0 Å². The second-order valence-corrected chi connectivity index (χ2v) is 4.37. The molecule has 100 valence electrons. The highest BCUT2D eigenvalue weighted by atomic mass is 16.5. The fraction of sp³-hybridized carbons (Fsp3) is 0.294. The number of hydrogen-bond acceptors (Lipinski definition) is 2. The van der Waals surface area contributed by atoms with Gasteiger partial charge < -0.3 is 10.1 Å². The van der Waals surface area contributed by atoms with E-state index in [1.54, 1.807) is 0 Å². The first-order valence-corrected chi connectivity index (χ1v) is 6.86. The summed E-state index contributed by atoms with van der Waals surface area (Å²) in [4.78, 5) is 0. The van der Waals surface area contributed by atoms with Crippen LogP contribution in [0.1, 0.15) is 31.0 Å². The van der Waals surface area contributed by atoms with Crippen LogP contribution in [0.4, 0.5) is 0 Å². The van der Waals surface area contributed by atoms with Crippen molar-refractivity contribution >= 4 is 0 Å². The van der Waals surface area contributed by atoms with Crippen LogP contribution in [0, 0.1) is 0 Å². The maximum absolute atomic E-state index is 5.75. The Morgan fingerprint density at radius 2 is 1.63 bits per heavy atom. The van der Waals surface area contributed by atoms with Crippen LogP contribution in [0.15, 0.2) is 54.6 Å². The van der Waals surface area contributed by atoms with Crippen molar-refractivity contribution in [2.75, 3.05) is 13.2 Å². The molecule has 0 heterocycles. The van der Waals surface area contributed by atoms with E-state index in [1.165, 1.54) is 11.1 Å². The number of ether oxygens (including phenoxy) is 1. The molecule has 1 unspecified atom stereocenters. The number of hydrogen-bond donors (Lipinski definition) is 1. The minimum atomic E-state index is 0.175. The summed E-state index contributed by atoms with van der Waals surface area (Å²) in [6, 6.07) is 18.9. The molecule has 0 aliphatic heterocycles. The van der Waals surface area contributed by atoms with Gasteiger partial charge in [0.1, 0.15) is 5.75 Å². The second-order valence-electron chi connectivity index (χ2n) is 4.37. The number of nitrogens with one attached hydrogen (secondary N) is 1. The third-order valence-electron chi connectivity index (χ3n) is 3.07. The average molecular weight is 255 g/mol. The van der Waals surface area contributed by atoms with Crippen LogP contribution in [-0.2, 0) is 0 Å². The van der Waals surface area contributed by atoms with Crippen LogP contribution in [0.25, 0.3) is 0 Å². The first-order valence-electron chi connectivity index (χ1n) is 6.86. The zero-order valence-corrected chi connectivity index (χ0v) is 11.6. The molecular formula is C17H21NO. The van der Waals surface area contributed by atoms with Gasteiger partial charge in [-0.05, 0) is 25.1 Å². The molecule has 0 fully saturated rings. The molecule has 0 spiro atoms. The van der Waals surface area contributed by atoms with Crippen molar-refractivity contribution < 1.29 is 4.74 Å². The van der Waals surface area contributed by atoms with Crippen molar-refractivity contribution in [3.63, 3.8) is 0 Å². The lowest BCUT2D eigenvalue weighted by atomic mass is 9.98. The zero-order chi connectivity index (χ0) is 13.5. The Bertz CT molecular complexity index is 496. The highest BCUT2D eigenvalue weighted by molar-refractivity contribution is 5.41. The summed E-state index contributed by atoms with van der Waals surface area (Å²) in [5.74, 6) is 0.958. The average Bonchev–Trinajstić information content (AvgIpc) is 2.47. The molecule has 0 aromatic heterocycles. The van der Waals surface area contributed by atoms with Crippen molar-refractivity contribution in [2.45, 2.75) is 19.9 Å². The predicted molar refractivity (Wildman–Crippen MR) is 79.6 cm³/mol. The lowest BCUT2D eigenvalue weighted by Gasteiger charge is -2.21. The summed E-state index contributed by atoms with van der Waals surface area (Å²) < 4.78 is 5.75. The third-order valence-corrected chi connectivity index (χ3v) is 3.07. The fourth-order valence-corrected chi connectivity index (χ4v) is 2.26. The Morgan fingerprint density at radius 1 is 0.947 bits per heavy atom. The van der Waals surface area contributed by atoms with Crippen molar-refractivity contribution in [1.82, 2.24) is 5.32 Å². The molecule has 2 aromatic carbocycles. The van der Waals surface area contributed by atoms with E-state index < -0.39 is 0 Å². The summed E-state index contributed by atoms with van der Waals surface area (Å²) in [6.07, 6.45) is 0. The van der Waals surface area contributed by atoms with Crippen LogP contribution in [0.2, 0.25) is 0 Å². The maximum Gasteiger partial charge on any atom is 0.124 e. The topological polar surface area (TPSA) is 21.3 Å². The van der Waals surface area contributed by atoms with Crippen LogP contribution in [-0.4, -0.2) is 13.2 Å². The van der Waals surface area contributed by atoms with E-state index in [0.29, 0.717) is 6.61 Å². The quantitative estimate of drug-likeness (QED) is 0.848. The summed E-state index contributed by atoms with van der Waals surface area (Å²) in [7, 11) is 0. The van der Waals surface area contributed by atoms with Gasteiger partial charge in [-0.15, -0.1) is 0 Å². The van der Waals surface area contributed by atoms with E-state index in [2.05, 4.69) is 48.6 Å². The lowest BCUT2D eigenvalue weighted by molar-refractivity contribution is 0.333. The van der Waals surface area contributed by atoms with Gasteiger partial charge in [0.25, 0.3) is 0 Å². The standard InChI is InChI=1S/C17H21NO/c1-3-18-17(14-10-6-5-7-11-14)15-12-8-9-13-16(15)19-4-2/h5-13,17-18H,3-4H2,1-2H3. The molecule has 0 saturated carbocycles. The van der Waals surface area contributed by atoms with Gasteiger partial charge in [-0.3, -0.25) is 0 Å². The van der Waals surface area contributed by atoms with Crippen LogP contribution in [0.5, 0.6) is 5.75 Å². The Kier molecular flexibility index (Phi) is 4.99. The molecule has 0 aliphatic carbocycles. The highest BCUT2D eigenvalue weighted by Crippen LogP contribution is 2.29. The summed E-state index contributed by atoms with van der Waals surface area (Å²) in [5.41, 5.74) is 2.45. The predicted octanol–water partition coefficient (Wildman–Crippen LogP) is 3.78. The molecule has 2 heteroatoms. The van der Waals surface area contributed by atoms with Gasteiger partial charge in [0, 0.05) is 5.56 Å². The Labute approximate surface area is 115 Å². The fourth-order valence-electron chi connectivity index (χ4n) is 2.26. The van der Waals surface area contributed by atoms with E-state index >= 15 is 0 Å². The monoisotopic (exact) mass is 255 g/mol. The molecule has 2 nitrogen and oxygen atoms in total. The summed E-state index contributed by atoms with van der Waals surface area (Å²) in [5, 5.41) is 3.53. The lowest BCUT2D eigenvalue weighted by Crippen LogP contribution is -2.22. The van der Waals surface area contributed by atoms with E-state index in [1.807, 2.05) is 25.1 Å². The third kappa shape index (κ3) is 3.36. The second kappa shape index (κ2) is 6.95. The van der Waals surface area contributed by atoms with Crippen LogP contribution in [0.3, 0.4) is 0 Å². The van der Waals surface area contributed by atoms with E-state index in [9.17, 15) is 0 Å². The first-order chi connectivity index (χ1) is 9.36. The van der Waals surface area contributed by atoms with Crippen molar-refractivity contribution in [1.29, 1.82) is 0 Å². The van der Waals surface area contributed by atoms with E-state index in [-0.39, 0.29) is 6.04 Å². The van der Waals surface area contributed by atoms with Gasteiger partial charge in [0.05, 0.1) is 12.6 Å². The Hall–Kier alpha value is -1.80. The molecule has 0 saturated heterocycles. The van der Waals surface area contributed by atoms with Gasteiger partial charge in [-0.2, -0.15) is 0 Å². The summed E-state index contributed by atoms with van der Waals surface area (Å²) in [6.45, 7) is 5.74. The number of rotatable bonds is 6. The molecule has 19 heavy (non-hydrogen) atoms. The van der Waals surface area contributed by atoms with Gasteiger partial charge in [-0.25, -0.2) is 0 Å². The largest absolute Gasteiger partial charge is 0.494 e. The highest BCUT2D eigenvalue weighted by Gasteiger charge is 2.16. The van der Waals surface area contributed by atoms with E-state index in [0.717, 1.165) is 12.3 Å². The van der Waals surface area contributed by atoms with Crippen LogP contribution < -0.4 is 10.1 Å². The van der Waals surface area contributed by atoms with Crippen molar-refractivity contribution in [3.05, 3.63) is 65.7 Å². The van der Waals surface area contributed by atoms with Gasteiger partial charge >= 0.3 is 0 Å². The molecule has 2 rings (SSSR count). The molecule has 1 N–H and O–H groups in total. The minimum Gasteiger partial charge on any atom is -0.494 e. The van der Waals surface area contributed by atoms with Crippen molar-refractivity contribution in [2.24, 2.45) is 0 Å². The van der Waals surface area contributed by atoms with Crippen molar-refractivity contribution in [3.8, 4) is 5.75 Å². The molecule has 0 amide bonds. The molecule has 1 atom stereocenters. The van der Waals surface area contributed by atoms with E-state index in [4.69, 9.17) is 4.74 Å². The van der Waals surface area contributed by atoms with Crippen LogP contribution >= 0.6 is 0 Å². The number of para-hydroxylation sites is 1. The molecule has 0 aliphatic rings. The summed E-state index contributed by atoms with van der Waals surface area (Å²) >= 11 is 0. The molecule has 0 radical (unpaired) electrons.